The highest BCUT2D eigenvalue weighted by atomic mass is 16.5. The van der Waals surface area contributed by atoms with Crippen molar-refractivity contribution in [3.05, 3.63) is 161 Å². The molecule has 0 atom stereocenters. The van der Waals surface area contributed by atoms with Crippen molar-refractivity contribution in [1.82, 2.24) is 46.9 Å². The fourth-order valence-corrected chi connectivity index (χ4v) is 5.33. The third kappa shape index (κ3) is 27.7. The first-order valence-electron chi connectivity index (χ1n) is 21.3. The van der Waals surface area contributed by atoms with Gasteiger partial charge in [-0.15, -0.1) is 0 Å². The number of ether oxygens (including phenoxy) is 1. The number of Topliss-reactive ketones (excluding diaryl/α,β-unsaturated/α-hetero) is 1. The summed E-state index contributed by atoms with van der Waals surface area (Å²) in [6, 6.07) is 21.9. The second-order valence-electron chi connectivity index (χ2n) is 14.6. The van der Waals surface area contributed by atoms with E-state index in [9.17, 15) is 14.4 Å². The van der Waals surface area contributed by atoms with E-state index in [4.69, 9.17) is 10.5 Å². The highest BCUT2D eigenvalue weighted by Gasteiger charge is 2.06. The van der Waals surface area contributed by atoms with E-state index in [1.165, 1.54) is 11.1 Å². The molecular weight excluding hydrogens is 793 g/mol. The molecule has 14 heteroatoms. The number of carbonyl (C=O) groups excluding carboxylic acids is 3. The summed E-state index contributed by atoms with van der Waals surface area (Å²) in [5.41, 5.74) is 14.9. The predicted molar refractivity (Wildman–Crippen MR) is 256 cm³/mol. The Bertz CT molecular complexity index is 1980. The first-order valence-corrected chi connectivity index (χ1v) is 21.3. The van der Waals surface area contributed by atoms with Gasteiger partial charge in [0.25, 0.3) is 0 Å². The zero-order chi connectivity index (χ0) is 47.0. The number of rotatable bonds is 20. The molecule has 0 aliphatic heterocycles. The molecule has 4 rings (SSSR count). The lowest BCUT2D eigenvalue weighted by molar-refractivity contribution is -0.118. The van der Waals surface area contributed by atoms with Crippen molar-refractivity contribution in [1.29, 1.82) is 0 Å². The summed E-state index contributed by atoms with van der Waals surface area (Å²) in [7, 11) is 0. The van der Waals surface area contributed by atoms with Gasteiger partial charge in [-0.05, 0) is 88.8 Å². The van der Waals surface area contributed by atoms with Crippen molar-refractivity contribution in [2.24, 2.45) is 5.73 Å². The summed E-state index contributed by atoms with van der Waals surface area (Å²) in [5.74, 6) is 2.07. The minimum absolute atomic E-state index is 0.0594. The molecule has 4 aromatic rings. The van der Waals surface area contributed by atoms with Gasteiger partial charge in [-0.25, -0.2) is 19.6 Å². The normalized spacial score (nSPS) is 9.78. The number of ketones is 1. The number of nitrogens with zero attached hydrogens (tertiary/aromatic N) is 3. The molecule has 4 amide bonds. The van der Waals surface area contributed by atoms with Gasteiger partial charge in [0.15, 0.2) is 5.78 Å². The van der Waals surface area contributed by atoms with Crippen molar-refractivity contribution in [3.8, 4) is 0 Å². The molecule has 0 saturated carbocycles. The number of hydrogen-bond donors (Lipinski definition) is 7. The van der Waals surface area contributed by atoms with Gasteiger partial charge in [0.1, 0.15) is 11.6 Å². The number of nitrogens with one attached hydrogen (secondary N) is 6. The predicted octanol–water partition coefficient (Wildman–Crippen LogP) is 7.22. The molecule has 0 spiro atoms. The van der Waals surface area contributed by atoms with Gasteiger partial charge in [0.2, 0.25) is 0 Å². The van der Waals surface area contributed by atoms with Gasteiger partial charge in [-0.2, -0.15) is 0 Å². The molecular formula is C49H72N10O4. The van der Waals surface area contributed by atoms with Crippen molar-refractivity contribution in [3.63, 3.8) is 0 Å². The second kappa shape index (κ2) is 32.1. The first-order chi connectivity index (χ1) is 30.0. The highest BCUT2D eigenvalue weighted by molar-refractivity contribution is 5.85. The van der Waals surface area contributed by atoms with Crippen LogP contribution in [0, 0.1) is 34.6 Å². The number of aromatic nitrogens is 3. The molecule has 8 N–H and O–H groups in total. The van der Waals surface area contributed by atoms with Crippen LogP contribution < -0.4 is 37.6 Å². The van der Waals surface area contributed by atoms with E-state index in [-0.39, 0.29) is 24.4 Å². The average molecular weight is 865 g/mol. The first kappa shape index (κ1) is 54.3. The van der Waals surface area contributed by atoms with E-state index >= 15 is 0 Å². The van der Waals surface area contributed by atoms with E-state index in [2.05, 4.69) is 104 Å². The standard InChI is InChI=1S/C15H22N2O2.C14H22N4O2.C12H18N4.C8H10/c1-4-5-14(18)10-17-15(19)16-9-13-7-6-11(2)8-12(13)3;1-5-20-12(4)9-16-14(19)15-7-6-13-17-10(2)8-11(3)18-13;1-9(13)6-15-11(3)16-8-12-5-4-10(2)14-7-12;1-2-8-6-4-3-5-7-8/h6-8H,4-5,9-10H2,1-3H3,(H2,16,17,19);8H,4-7,9H2,1-3H3,(H2,15,16,19);4-5,7,15-16H,1,3,6,8,13H2,2H3;3-7H,2H2,1H3. The van der Waals surface area contributed by atoms with Crippen LogP contribution in [0.1, 0.15) is 84.3 Å². The Balaban J connectivity index is 0.000000436. The van der Waals surface area contributed by atoms with E-state index in [0.717, 1.165) is 58.3 Å². The summed E-state index contributed by atoms with van der Waals surface area (Å²) in [6.45, 7) is 30.1. The molecule has 2 aromatic carbocycles. The van der Waals surface area contributed by atoms with E-state index in [1.54, 1.807) is 0 Å². The molecule has 63 heavy (non-hydrogen) atoms. The smallest absolute Gasteiger partial charge is 0.315 e. The van der Waals surface area contributed by atoms with Crippen LogP contribution in [0.15, 0.2) is 110 Å². The van der Waals surface area contributed by atoms with Crippen LogP contribution in [0.3, 0.4) is 0 Å². The zero-order valence-corrected chi connectivity index (χ0v) is 38.9. The number of hydrogen-bond acceptors (Lipinski definition) is 10. The summed E-state index contributed by atoms with van der Waals surface area (Å²) < 4.78 is 5.14. The van der Waals surface area contributed by atoms with Gasteiger partial charge in [-0.3, -0.25) is 9.78 Å². The van der Waals surface area contributed by atoms with Crippen LogP contribution >= 0.6 is 0 Å². The molecule has 2 heterocycles. The number of amides is 4. The van der Waals surface area contributed by atoms with Crippen LogP contribution in [0.5, 0.6) is 0 Å². The van der Waals surface area contributed by atoms with E-state index < -0.39 is 0 Å². The molecule has 342 valence electrons. The maximum Gasteiger partial charge on any atom is 0.315 e. The lowest BCUT2D eigenvalue weighted by Gasteiger charge is -2.11. The third-order valence-corrected chi connectivity index (χ3v) is 8.63. The highest BCUT2D eigenvalue weighted by Crippen LogP contribution is 2.10. The molecule has 14 nitrogen and oxygen atoms in total. The van der Waals surface area contributed by atoms with Crippen LogP contribution in [0.4, 0.5) is 9.59 Å². The zero-order valence-electron chi connectivity index (χ0n) is 38.9. The monoisotopic (exact) mass is 865 g/mol. The maximum absolute atomic E-state index is 11.5. The van der Waals surface area contributed by atoms with Crippen LogP contribution in [-0.4, -0.2) is 65.6 Å². The quantitative estimate of drug-likeness (QED) is 0.0446. The van der Waals surface area contributed by atoms with Crippen molar-refractivity contribution >= 4 is 17.8 Å². The van der Waals surface area contributed by atoms with E-state index in [1.807, 2.05) is 91.1 Å². The number of benzene rings is 2. The lowest BCUT2D eigenvalue weighted by Crippen LogP contribution is -2.38. The van der Waals surface area contributed by atoms with Crippen molar-refractivity contribution in [2.75, 3.05) is 32.8 Å². The fraction of sp³-hybridized carbons (Fsp3) is 0.388. The maximum atomic E-state index is 11.5. The number of carbonyl (C=O) groups is 3. The Labute approximate surface area is 376 Å². The number of nitrogens with two attached hydrogens (primary N) is 1. The molecule has 0 fully saturated rings. The number of urea groups is 2. The summed E-state index contributed by atoms with van der Waals surface area (Å²) in [6.07, 6.45) is 4.91. The Morgan fingerprint density at radius 2 is 1.35 bits per heavy atom. The fourth-order valence-electron chi connectivity index (χ4n) is 5.33. The van der Waals surface area contributed by atoms with Gasteiger partial charge in [0.05, 0.1) is 32.1 Å². The van der Waals surface area contributed by atoms with Gasteiger partial charge >= 0.3 is 12.1 Å². The van der Waals surface area contributed by atoms with Gasteiger partial charge < -0.3 is 42.4 Å². The van der Waals surface area contributed by atoms with E-state index in [0.29, 0.717) is 63.6 Å². The molecule has 0 unspecified atom stereocenters. The van der Waals surface area contributed by atoms with Gasteiger partial charge in [0, 0.05) is 61.5 Å². The third-order valence-electron chi connectivity index (χ3n) is 8.63. The SMILES string of the molecule is C=C(CNC(=O)NCCc1nc(C)cc(C)n1)OCC.C=C(N)CNC(=C)NCc1ccc(C)nc1.CCCC(=O)CNC(=O)NCc1ccc(C)cc1C.CCc1ccccc1. The Morgan fingerprint density at radius 3 is 1.92 bits per heavy atom. The van der Waals surface area contributed by atoms with Crippen LogP contribution in [0.25, 0.3) is 0 Å². The Hall–Kier alpha value is -6.70. The van der Waals surface area contributed by atoms with Crippen LogP contribution in [0.2, 0.25) is 0 Å². The second-order valence-corrected chi connectivity index (χ2v) is 14.6. The molecule has 0 radical (unpaired) electrons. The molecule has 0 aliphatic carbocycles. The largest absolute Gasteiger partial charge is 0.497 e. The van der Waals surface area contributed by atoms with Crippen molar-refractivity contribution < 1.29 is 19.1 Å². The number of aryl methyl sites for hydroxylation is 6. The molecule has 0 bridgehead atoms. The van der Waals surface area contributed by atoms with Crippen LogP contribution in [-0.2, 0) is 35.5 Å². The summed E-state index contributed by atoms with van der Waals surface area (Å²) in [5, 5.41) is 16.9. The van der Waals surface area contributed by atoms with Gasteiger partial charge in [-0.1, -0.05) is 93.7 Å². The average Bonchev–Trinajstić information content (AvgIpc) is 3.24. The Morgan fingerprint density at radius 1 is 0.683 bits per heavy atom. The summed E-state index contributed by atoms with van der Waals surface area (Å²) >= 11 is 0. The van der Waals surface area contributed by atoms with Crippen molar-refractivity contribution in [2.45, 2.75) is 94.2 Å². The topological polar surface area (TPSA) is 197 Å². The Kier molecular flexibility index (Phi) is 27.7. The lowest BCUT2D eigenvalue weighted by atomic mass is 10.1. The molecule has 0 saturated heterocycles. The number of pyridine rings is 1. The molecule has 0 aliphatic rings. The minimum atomic E-state index is -0.301. The summed E-state index contributed by atoms with van der Waals surface area (Å²) in [4.78, 5) is 47.1. The minimum Gasteiger partial charge on any atom is -0.497 e. The molecule has 2 aromatic heterocycles.